The van der Waals surface area contributed by atoms with E-state index in [1.165, 1.54) is 0 Å². The minimum atomic E-state index is 0.844. The minimum absolute atomic E-state index is 0.844. The summed E-state index contributed by atoms with van der Waals surface area (Å²) in [4.78, 5) is 0. The molecule has 1 aromatic rings. The molecule has 0 aliphatic rings. The van der Waals surface area contributed by atoms with Crippen molar-refractivity contribution in [3.05, 3.63) is 11.5 Å². The van der Waals surface area contributed by atoms with Crippen LogP contribution in [0.2, 0.25) is 0 Å². The molecule has 9 heavy (non-hydrogen) atoms. The van der Waals surface area contributed by atoms with Crippen LogP contribution >= 0.6 is 0 Å². The molecular weight excluding hydrogens is 116 g/mol. The van der Waals surface area contributed by atoms with Crippen LogP contribution < -0.4 is 0 Å². The average molecular weight is 126 g/mol. The summed E-state index contributed by atoms with van der Waals surface area (Å²) in [5.41, 5.74) is 0.984. The van der Waals surface area contributed by atoms with Crippen LogP contribution in [0, 0.1) is 6.92 Å². The number of nitrogens with zero attached hydrogens (tertiary/aromatic N) is 2. The molecular formula is C6H10N2O. The normalized spacial score (nSPS) is 10.0. The maximum Gasteiger partial charge on any atom is 0.157 e. The van der Waals surface area contributed by atoms with Crippen LogP contribution in [0.1, 0.15) is 24.8 Å². The molecule has 0 radical (unpaired) electrons. The fraction of sp³-hybridized carbons (Fsp3) is 0.667. The molecule has 0 saturated carbocycles. The van der Waals surface area contributed by atoms with E-state index in [-0.39, 0.29) is 0 Å². The number of hydrogen-bond acceptors (Lipinski definition) is 3. The fourth-order valence-corrected chi connectivity index (χ4v) is 0.717. The zero-order valence-electron chi connectivity index (χ0n) is 5.72. The first-order valence-electron chi connectivity index (χ1n) is 3.12. The van der Waals surface area contributed by atoms with Crippen molar-refractivity contribution in [3.63, 3.8) is 0 Å². The number of aryl methyl sites for hydroxylation is 2. The molecule has 0 amide bonds. The van der Waals surface area contributed by atoms with E-state index in [4.69, 9.17) is 4.52 Å². The summed E-state index contributed by atoms with van der Waals surface area (Å²) in [6.07, 6.45) is 2.06. The van der Waals surface area contributed by atoms with Crippen molar-refractivity contribution < 1.29 is 4.52 Å². The minimum Gasteiger partial charge on any atom is -0.342 e. The lowest BCUT2D eigenvalue weighted by molar-refractivity contribution is 0.373. The first kappa shape index (κ1) is 6.26. The molecule has 0 aliphatic heterocycles. The quantitative estimate of drug-likeness (QED) is 0.600. The molecule has 0 aliphatic carbocycles. The predicted molar refractivity (Wildman–Crippen MR) is 33.0 cm³/mol. The SMILES string of the molecule is CCCc1nnoc1C. The maximum absolute atomic E-state index is 4.76. The van der Waals surface area contributed by atoms with E-state index in [1.807, 2.05) is 6.92 Å². The van der Waals surface area contributed by atoms with Crippen LogP contribution in [0.15, 0.2) is 4.52 Å². The highest BCUT2D eigenvalue weighted by molar-refractivity contribution is 5.01. The Morgan fingerprint density at radius 3 is 2.78 bits per heavy atom. The van der Waals surface area contributed by atoms with E-state index in [1.54, 1.807) is 0 Å². The summed E-state index contributed by atoms with van der Waals surface area (Å²) in [6, 6.07) is 0. The van der Waals surface area contributed by atoms with Gasteiger partial charge in [0.1, 0.15) is 5.69 Å². The predicted octanol–water partition coefficient (Wildman–Crippen LogP) is 1.33. The Morgan fingerprint density at radius 1 is 1.56 bits per heavy atom. The van der Waals surface area contributed by atoms with Crippen molar-refractivity contribution in [2.45, 2.75) is 26.7 Å². The summed E-state index contributed by atoms with van der Waals surface area (Å²) in [7, 11) is 0. The Labute approximate surface area is 54.0 Å². The van der Waals surface area contributed by atoms with E-state index in [9.17, 15) is 0 Å². The molecule has 1 heterocycles. The zero-order chi connectivity index (χ0) is 6.69. The van der Waals surface area contributed by atoms with Gasteiger partial charge in [0.05, 0.1) is 0 Å². The Hall–Kier alpha value is -0.860. The van der Waals surface area contributed by atoms with Gasteiger partial charge >= 0.3 is 0 Å². The largest absolute Gasteiger partial charge is 0.342 e. The van der Waals surface area contributed by atoms with Gasteiger partial charge in [0.15, 0.2) is 5.76 Å². The molecule has 0 spiro atoms. The Kier molecular flexibility index (Phi) is 1.82. The molecule has 50 valence electrons. The van der Waals surface area contributed by atoms with Gasteiger partial charge in [0, 0.05) is 5.27 Å². The first-order valence-corrected chi connectivity index (χ1v) is 3.12. The molecule has 1 rings (SSSR count). The zero-order valence-corrected chi connectivity index (χ0v) is 5.72. The van der Waals surface area contributed by atoms with Gasteiger partial charge in [-0.25, -0.2) is 0 Å². The van der Waals surface area contributed by atoms with Crippen LogP contribution in [0.3, 0.4) is 0 Å². The monoisotopic (exact) mass is 126 g/mol. The topological polar surface area (TPSA) is 38.9 Å². The first-order chi connectivity index (χ1) is 4.34. The van der Waals surface area contributed by atoms with Crippen LogP contribution in [-0.4, -0.2) is 10.4 Å². The summed E-state index contributed by atoms with van der Waals surface area (Å²) in [5.74, 6) is 0.844. The second kappa shape index (κ2) is 2.62. The molecule has 0 unspecified atom stereocenters. The van der Waals surface area contributed by atoms with Crippen molar-refractivity contribution in [2.75, 3.05) is 0 Å². The van der Waals surface area contributed by atoms with E-state index in [0.29, 0.717) is 0 Å². The maximum atomic E-state index is 4.76. The highest BCUT2D eigenvalue weighted by atomic mass is 16.5. The summed E-state index contributed by atoms with van der Waals surface area (Å²) in [6.45, 7) is 3.99. The lowest BCUT2D eigenvalue weighted by atomic mass is 10.2. The number of aromatic nitrogens is 2. The van der Waals surface area contributed by atoms with Gasteiger partial charge in [0.2, 0.25) is 0 Å². The van der Waals surface area contributed by atoms with Gasteiger partial charge in [-0.3, -0.25) is 0 Å². The van der Waals surface area contributed by atoms with E-state index in [0.717, 1.165) is 24.3 Å². The van der Waals surface area contributed by atoms with Crippen molar-refractivity contribution in [1.29, 1.82) is 0 Å². The van der Waals surface area contributed by atoms with Crippen LogP contribution in [0.25, 0.3) is 0 Å². The van der Waals surface area contributed by atoms with E-state index >= 15 is 0 Å². The van der Waals surface area contributed by atoms with E-state index < -0.39 is 0 Å². The molecule has 0 atom stereocenters. The molecule has 0 N–H and O–H groups in total. The van der Waals surface area contributed by atoms with Gasteiger partial charge < -0.3 is 4.52 Å². The van der Waals surface area contributed by atoms with Gasteiger partial charge in [-0.2, -0.15) is 0 Å². The molecule has 3 nitrogen and oxygen atoms in total. The van der Waals surface area contributed by atoms with Crippen molar-refractivity contribution >= 4 is 0 Å². The Balaban J connectivity index is 2.69. The summed E-state index contributed by atoms with van der Waals surface area (Å²) in [5, 5.41) is 7.20. The second-order valence-electron chi connectivity index (χ2n) is 2.03. The van der Waals surface area contributed by atoms with Gasteiger partial charge in [0.25, 0.3) is 0 Å². The van der Waals surface area contributed by atoms with Crippen LogP contribution in [0.5, 0.6) is 0 Å². The van der Waals surface area contributed by atoms with Gasteiger partial charge in [-0.05, 0) is 13.3 Å². The standard InChI is InChI=1S/C6H10N2O/c1-3-4-6-5(2)9-8-7-6/h3-4H2,1-2H3. The van der Waals surface area contributed by atoms with Gasteiger partial charge in [-0.15, -0.1) is 5.10 Å². The van der Waals surface area contributed by atoms with E-state index in [2.05, 4.69) is 17.3 Å². The number of rotatable bonds is 2. The molecule has 0 fully saturated rings. The third kappa shape index (κ3) is 1.28. The molecule has 0 aromatic carbocycles. The Bertz CT molecular complexity index is 183. The molecule has 0 saturated heterocycles. The second-order valence-corrected chi connectivity index (χ2v) is 2.03. The summed E-state index contributed by atoms with van der Waals surface area (Å²) >= 11 is 0. The summed E-state index contributed by atoms with van der Waals surface area (Å²) < 4.78 is 4.76. The van der Waals surface area contributed by atoms with Crippen LogP contribution in [0.4, 0.5) is 0 Å². The van der Waals surface area contributed by atoms with Crippen molar-refractivity contribution in [1.82, 2.24) is 10.4 Å². The fourth-order valence-electron chi connectivity index (χ4n) is 0.717. The molecule has 0 bridgehead atoms. The molecule has 3 heteroatoms. The Morgan fingerprint density at radius 2 is 2.33 bits per heavy atom. The third-order valence-electron chi connectivity index (χ3n) is 1.23. The molecule has 1 aromatic heterocycles. The van der Waals surface area contributed by atoms with Gasteiger partial charge in [-0.1, -0.05) is 13.3 Å². The van der Waals surface area contributed by atoms with Crippen LogP contribution in [-0.2, 0) is 6.42 Å². The smallest absolute Gasteiger partial charge is 0.157 e. The number of hydrogen-bond donors (Lipinski definition) is 0. The third-order valence-corrected chi connectivity index (χ3v) is 1.23. The lowest BCUT2D eigenvalue weighted by Crippen LogP contribution is -1.84. The highest BCUT2D eigenvalue weighted by Gasteiger charge is 2.01. The lowest BCUT2D eigenvalue weighted by Gasteiger charge is -1.86. The highest BCUT2D eigenvalue weighted by Crippen LogP contribution is 2.03. The average Bonchev–Trinajstić information content (AvgIpc) is 2.18. The van der Waals surface area contributed by atoms with Crippen molar-refractivity contribution in [3.8, 4) is 0 Å². The van der Waals surface area contributed by atoms with Crippen molar-refractivity contribution in [2.24, 2.45) is 0 Å².